The van der Waals surface area contributed by atoms with Crippen LogP contribution in [-0.4, -0.2) is 11.9 Å². The van der Waals surface area contributed by atoms with Gasteiger partial charge in [-0.1, -0.05) is 43.2 Å². The summed E-state index contributed by atoms with van der Waals surface area (Å²) in [5, 5.41) is 3.02. The van der Waals surface area contributed by atoms with Gasteiger partial charge in [-0.25, -0.2) is 0 Å². The van der Waals surface area contributed by atoms with Crippen molar-refractivity contribution in [1.29, 1.82) is 0 Å². The number of benzene rings is 1. The molecule has 1 amide bonds. The van der Waals surface area contributed by atoms with Crippen LogP contribution in [0, 0.1) is 6.92 Å². The Hall–Kier alpha value is -1.31. The lowest BCUT2D eigenvalue weighted by Gasteiger charge is -2.12. The molecule has 0 radical (unpaired) electrons. The Morgan fingerprint density at radius 3 is 2.53 bits per heavy atom. The maximum absolute atomic E-state index is 11.7. The predicted octanol–water partition coefficient (Wildman–Crippen LogP) is 3.23. The monoisotopic (exact) mass is 233 g/mol. The number of nitrogens with one attached hydrogen (secondary N) is 1. The molecule has 0 aliphatic heterocycles. The van der Waals surface area contributed by atoms with E-state index in [1.807, 2.05) is 0 Å². The molecule has 0 saturated carbocycles. The van der Waals surface area contributed by atoms with Crippen molar-refractivity contribution in [3.63, 3.8) is 0 Å². The van der Waals surface area contributed by atoms with Crippen LogP contribution in [0.4, 0.5) is 0 Å². The van der Waals surface area contributed by atoms with Crippen molar-refractivity contribution in [3.8, 4) is 0 Å². The highest BCUT2D eigenvalue weighted by molar-refractivity contribution is 5.76. The Bertz CT molecular complexity index is 342. The molecule has 0 fully saturated rings. The minimum atomic E-state index is 0.159. The van der Waals surface area contributed by atoms with E-state index in [9.17, 15) is 4.79 Å². The molecule has 1 atom stereocenters. The second-order valence-electron chi connectivity index (χ2n) is 4.74. The van der Waals surface area contributed by atoms with E-state index in [4.69, 9.17) is 0 Å². The summed E-state index contributed by atoms with van der Waals surface area (Å²) in [6.45, 7) is 6.27. The highest BCUT2D eigenvalue weighted by atomic mass is 16.1. The zero-order valence-corrected chi connectivity index (χ0v) is 11.1. The van der Waals surface area contributed by atoms with Gasteiger partial charge in [-0.05, 0) is 32.3 Å². The molecular formula is C15H23NO. The first kappa shape index (κ1) is 13.8. The van der Waals surface area contributed by atoms with E-state index >= 15 is 0 Å². The molecule has 1 rings (SSSR count). The molecule has 0 spiro atoms. The van der Waals surface area contributed by atoms with Gasteiger partial charge in [-0.2, -0.15) is 0 Å². The van der Waals surface area contributed by atoms with E-state index < -0.39 is 0 Å². The second-order valence-corrected chi connectivity index (χ2v) is 4.74. The molecule has 0 bridgehead atoms. The first-order chi connectivity index (χ1) is 8.11. The van der Waals surface area contributed by atoms with Crippen molar-refractivity contribution in [2.24, 2.45) is 0 Å². The Balaban J connectivity index is 2.30. The number of hydrogen-bond donors (Lipinski definition) is 1. The van der Waals surface area contributed by atoms with Crippen molar-refractivity contribution in [3.05, 3.63) is 35.4 Å². The van der Waals surface area contributed by atoms with Crippen molar-refractivity contribution in [1.82, 2.24) is 5.32 Å². The molecule has 0 heterocycles. The minimum absolute atomic E-state index is 0.159. The van der Waals surface area contributed by atoms with Gasteiger partial charge in [0.05, 0.1) is 0 Å². The topological polar surface area (TPSA) is 29.1 Å². The lowest BCUT2D eigenvalue weighted by molar-refractivity contribution is -0.121. The Morgan fingerprint density at radius 2 is 1.94 bits per heavy atom. The standard InChI is InChI=1S/C15H23NO/c1-4-5-13(3)16-15(17)11-10-14-8-6-12(2)7-9-14/h6-9,13H,4-5,10-11H2,1-3H3,(H,16,17)/t13-/m1/s1. The summed E-state index contributed by atoms with van der Waals surface area (Å²) in [5.41, 5.74) is 2.49. The molecule has 2 heteroatoms. The number of carbonyl (C=O) groups excluding carboxylic acids is 1. The average molecular weight is 233 g/mol. The fourth-order valence-electron chi connectivity index (χ4n) is 1.86. The van der Waals surface area contributed by atoms with Gasteiger partial charge >= 0.3 is 0 Å². The van der Waals surface area contributed by atoms with Crippen LogP contribution in [0.2, 0.25) is 0 Å². The van der Waals surface area contributed by atoms with Crippen LogP contribution < -0.4 is 5.32 Å². The average Bonchev–Trinajstić information content (AvgIpc) is 2.28. The van der Waals surface area contributed by atoms with Crippen molar-refractivity contribution >= 4 is 5.91 Å². The SMILES string of the molecule is CCC[C@@H](C)NC(=O)CCc1ccc(C)cc1. The van der Waals surface area contributed by atoms with Gasteiger partial charge in [0.25, 0.3) is 0 Å². The summed E-state index contributed by atoms with van der Waals surface area (Å²) in [4.78, 5) is 11.7. The molecule has 94 valence electrons. The third kappa shape index (κ3) is 5.53. The number of hydrogen-bond acceptors (Lipinski definition) is 1. The van der Waals surface area contributed by atoms with E-state index in [0.717, 1.165) is 19.3 Å². The van der Waals surface area contributed by atoms with Crippen molar-refractivity contribution in [2.75, 3.05) is 0 Å². The summed E-state index contributed by atoms with van der Waals surface area (Å²) in [5.74, 6) is 0.159. The first-order valence-corrected chi connectivity index (χ1v) is 6.46. The van der Waals surface area contributed by atoms with Crippen LogP contribution in [0.1, 0.15) is 44.2 Å². The van der Waals surface area contributed by atoms with Crippen LogP contribution in [0.5, 0.6) is 0 Å². The van der Waals surface area contributed by atoms with Crippen LogP contribution in [0.3, 0.4) is 0 Å². The van der Waals surface area contributed by atoms with Gasteiger partial charge in [-0.15, -0.1) is 0 Å². The fourth-order valence-corrected chi connectivity index (χ4v) is 1.86. The molecule has 1 aromatic rings. The van der Waals surface area contributed by atoms with E-state index in [2.05, 4.69) is 50.4 Å². The summed E-state index contributed by atoms with van der Waals surface area (Å²) >= 11 is 0. The molecule has 0 saturated heterocycles. The maximum Gasteiger partial charge on any atom is 0.220 e. The van der Waals surface area contributed by atoms with E-state index in [1.54, 1.807) is 0 Å². The summed E-state index contributed by atoms with van der Waals surface area (Å²) < 4.78 is 0. The van der Waals surface area contributed by atoms with Crippen molar-refractivity contribution in [2.45, 2.75) is 52.5 Å². The Kier molecular flexibility index (Phi) is 5.75. The fraction of sp³-hybridized carbons (Fsp3) is 0.533. The number of aryl methyl sites for hydroxylation is 2. The molecule has 0 aromatic heterocycles. The third-order valence-electron chi connectivity index (χ3n) is 2.89. The zero-order valence-electron chi connectivity index (χ0n) is 11.1. The summed E-state index contributed by atoms with van der Waals surface area (Å²) in [6.07, 6.45) is 3.57. The van der Waals surface area contributed by atoms with E-state index in [1.165, 1.54) is 11.1 Å². The number of carbonyl (C=O) groups is 1. The van der Waals surface area contributed by atoms with Gasteiger partial charge in [-0.3, -0.25) is 4.79 Å². The van der Waals surface area contributed by atoms with Crippen LogP contribution in [-0.2, 0) is 11.2 Å². The smallest absolute Gasteiger partial charge is 0.220 e. The molecule has 1 aromatic carbocycles. The highest BCUT2D eigenvalue weighted by Gasteiger charge is 2.06. The first-order valence-electron chi connectivity index (χ1n) is 6.46. The largest absolute Gasteiger partial charge is 0.354 e. The molecule has 17 heavy (non-hydrogen) atoms. The summed E-state index contributed by atoms with van der Waals surface area (Å²) in [7, 11) is 0. The van der Waals surface area contributed by atoms with Crippen LogP contribution >= 0.6 is 0 Å². The molecule has 2 nitrogen and oxygen atoms in total. The molecule has 0 aliphatic carbocycles. The predicted molar refractivity (Wildman–Crippen MR) is 72.0 cm³/mol. The highest BCUT2D eigenvalue weighted by Crippen LogP contribution is 2.06. The van der Waals surface area contributed by atoms with Crippen molar-refractivity contribution < 1.29 is 4.79 Å². The van der Waals surface area contributed by atoms with Crippen LogP contribution in [0.15, 0.2) is 24.3 Å². The molecule has 1 N–H and O–H groups in total. The lowest BCUT2D eigenvalue weighted by atomic mass is 10.1. The quantitative estimate of drug-likeness (QED) is 0.803. The van der Waals surface area contributed by atoms with Gasteiger partial charge in [0.2, 0.25) is 5.91 Å². The molecule has 0 unspecified atom stereocenters. The number of rotatable bonds is 6. The third-order valence-corrected chi connectivity index (χ3v) is 2.89. The zero-order chi connectivity index (χ0) is 12.7. The van der Waals surface area contributed by atoms with E-state index in [0.29, 0.717) is 12.5 Å². The van der Waals surface area contributed by atoms with Crippen LogP contribution in [0.25, 0.3) is 0 Å². The maximum atomic E-state index is 11.7. The molecule has 0 aliphatic rings. The second kappa shape index (κ2) is 7.10. The van der Waals surface area contributed by atoms with Gasteiger partial charge < -0.3 is 5.32 Å². The van der Waals surface area contributed by atoms with Gasteiger partial charge in [0.15, 0.2) is 0 Å². The summed E-state index contributed by atoms with van der Waals surface area (Å²) in [6, 6.07) is 8.67. The Morgan fingerprint density at radius 1 is 1.29 bits per heavy atom. The van der Waals surface area contributed by atoms with E-state index in [-0.39, 0.29) is 5.91 Å². The normalized spacial score (nSPS) is 12.2. The minimum Gasteiger partial charge on any atom is -0.354 e. The molecular weight excluding hydrogens is 210 g/mol. The van der Waals surface area contributed by atoms with Gasteiger partial charge in [0.1, 0.15) is 0 Å². The Labute approximate surface area is 104 Å². The van der Waals surface area contributed by atoms with Gasteiger partial charge in [0, 0.05) is 12.5 Å². The number of amides is 1. The lowest BCUT2D eigenvalue weighted by Crippen LogP contribution is -2.32.